The van der Waals surface area contributed by atoms with Crippen molar-refractivity contribution in [2.24, 2.45) is 20.0 Å². The maximum absolute atomic E-state index is 10.4. The average molecular weight is 1130 g/mol. The maximum atomic E-state index is 10.4. The minimum Gasteiger partial charge on any atom is -0.215 e. The molecule has 4 aromatic rings. The molecule has 0 aromatic heterocycles. The van der Waals surface area contributed by atoms with Crippen molar-refractivity contribution in [3.05, 3.63) is 142 Å². The first kappa shape index (κ1) is 57.1. The van der Waals surface area contributed by atoms with Gasteiger partial charge in [0, 0.05) is 26.2 Å². The number of nitrogens with one attached hydrogen (secondary N) is 4. The molecule has 0 saturated carbocycles. The minimum atomic E-state index is -2.95. The first-order valence-electron chi connectivity index (χ1n) is 25.8. The van der Waals surface area contributed by atoms with E-state index in [0.29, 0.717) is 26.2 Å². The summed E-state index contributed by atoms with van der Waals surface area (Å²) in [4.78, 5) is 21.7. The van der Waals surface area contributed by atoms with E-state index in [9.17, 15) is 33.7 Å². The maximum Gasteiger partial charge on any atom is 0.491 e. The Labute approximate surface area is 452 Å². The Morgan fingerprint density at radius 3 is 0.688 bits per heavy atom. The van der Waals surface area contributed by atoms with Crippen LogP contribution in [0.1, 0.15) is 124 Å². The summed E-state index contributed by atoms with van der Waals surface area (Å²) in [5.41, 5.74) is 8.67. The number of sulfonamides is 4. The van der Waals surface area contributed by atoms with E-state index in [4.69, 9.17) is 20.0 Å². The van der Waals surface area contributed by atoms with Gasteiger partial charge in [0.15, 0.2) is 0 Å². The Hall–Kier alpha value is -6.12. The van der Waals surface area contributed by atoms with Gasteiger partial charge in [0.1, 0.15) is 0 Å². The summed E-state index contributed by atoms with van der Waals surface area (Å²) in [6.07, 6.45) is 12.4. The third-order valence-corrected chi connectivity index (χ3v) is 15.9. The van der Waals surface area contributed by atoms with Gasteiger partial charge in [-0.2, -0.15) is 0 Å². The smallest absolute Gasteiger partial charge is 0.215 e. The highest BCUT2D eigenvalue weighted by atomic mass is 32.2. The summed E-state index contributed by atoms with van der Waals surface area (Å²) in [7, 11) is -11.8. The van der Waals surface area contributed by atoms with E-state index in [1.165, 1.54) is 25.0 Å². The van der Waals surface area contributed by atoms with Gasteiger partial charge in [0.2, 0.25) is 40.1 Å². The molecular formula is C53H68N12O8S4+4. The summed E-state index contributed by atoms with van der Waals surface area (Å²) in [6.45, 7) is 10.3. The largest absolute Gasteiger partial charge is 0.491 e. The summed E-state index contributed by atoms with van der Waals surface area (Å²) in [6, 6.07) is 34.0. The number of nitrogens with zero attached hydrogens (tertiary/aromatic N) is 8. The van der Waals surface area contributed by atoms with Crippen LogP contribution in [-0.4, -0.2) is 156 Å². The molecule has 0 radical (unpaired) electrons. The van der Waals surface area contributed by atoms with E-state index in [-0.39, 0.29) is 0 Å². The first-order valence-corrected chi connectivity index (χ1v) is 33.4. The van der Waals surface area contributed by atoms with Crippen molar-refractivity contribution in [3.63, 3.8) is 0 Å². The molecule has 4 aromatic carbocycles. The highest BCUT2D eigenvalue weighted by Crippen LogP contribution is 2.46. The van der Waals surface area contributed by atoms with Crippen LogP contribution in [0.3, 0.4) is 0 Å². The van der Waals surface area contributed by atoms with Gasteiger partial charge < -0.3 is 0 Å². The van der Waals surface area contributed by atoms with Gasteiger partial charge >= 0.3 is 5.91 Å². The van der Waals surface area contributed by atoms with E-state index in [1.807, 2.05) is 27.7 Å². The fourth-order valence-corrected chi connectivity index (χ4v) is 11.7. The second-order valence-electron chi connectivity index (χ2n) is 19.2. The van der Waals surface area contributed by atoms with Gasteiger partial charge in [-0.15, -0.1) is 18.3 Å². The van der Waals surface area contributed by atoms with E-state index < -0.39 is 46.0 Å². The number of benzene rings is 4. The zero-order chi connectivity index (χ0) is 55.5. The van der Waals surface area contributed by atoms with Crippen molar-refractivity contribution < 1.29 is 52.0 Å². The second-order valence-corrected chi connectivity index (χ2v) is 26.6. The molecule has 4 N–H and O–H groups in total. The van der Waals surface area contributed by atoms with Crippen LogP contribution in [0.4, 0.5) is 0 Å². The Morgan fingerprint density at radius 1 is 0.338 bits per heavy atom. The second kappa shape index (κ2) is 23.1. The molecule has 12 rings (SSSR count). The van der Waals surface area contributed by atoms with Gasteiger partial charge in [0.25, 0.3) is 46.7 Å². The molecule has 0 unspecified atom stereocenters. The molecule has 8 aliphatic rings. The van der Waals surface area contributed by atoms with Crippen LogP contribution in [0.15, 0.2) is 117 Å². The predicted molar refractivity (Wildman–Crippen MR) is 303 cm³/mol. The number of rotatable bonds is 16. The van der Waals surface area contributed by atoms with Crippen LogP contribution >= 0.6 is 0 Å². The number of hydrogen-bond donors (Lipinski definition) is 4. The van der Waals surface area contributed by atoms with Crippen LogP contribution in [0, 0.1) is 0 Å². The molecule has 24 heteroatoms. The van der Waals surface area contributed by atoms with Crippen LogP contribution in [0.5, 0.6) is 0 Å². The molecule has 0 bridgehead atoms. The third-order valence-electron chi connectivity index (χ3n) is 13.0. The van der Waals surface area contributed by atoms with Gasteiger partial charge in [-0.1, -0.05) is 122 Å². The Bertz CT molecular complexity index is 3270. The Morgan fingerprint density at radius 2 is 0.519 bits per heavy atom. The first-order chi connectivity index (χ1) is 36.6. The SMILES string of the molecule is CCCCNS(C)(=O)=O.CCCCNS(C)(=O)=O.CCCCNS(C)(=O)=O.CCCCNS(C)(=O)=O.c1ccc2c(c1)C1=NC3=[N+]4C(=NC5=[N+]6C(=NC7=[N+]8C(=NC2=[N+]1C846)c1ccccc17)c1ccccc15)c1ccccc13. The van der Waals surface area contributed by atoms with Crippen molar-refractivity contribution >= 4 is 86.8 Å². The molecule has 0 atom stereocenters. The fraction of sp³-hybridized carbons (Fsp3) is 0.396. The van der Waals surface area contributed by atoms with Crippen molar-refractivity contribution in [2.45, 2.75) is 85.0 Å². The number of hydrogen-bond acceptors (Lipinski definition) is 12. The summed E-state index contributed by atoms with van der Waals surface area (Å²) >= 11 is 0. The van der Waals surface area contributed by atoms with Crippen LogP contribution < -0.4 is 18.9 Å². The lowest BCUT2D eigenvalue weighted by atomic mass is 10.1. The summed E-state index contributed by atoms with van der Waals surface area (Å²) < 4.78 is 102. The predicted octanol–water partition coefficient (Wildman–Crippen LogP) is 3.87. The molecule has 77 heavy (non-hydrogen) atoms. The molecule has 8 heterocycles. The lowest BCUT2D eigenvalue weighted by Gasteiger charge is -2.38. The van der Waals surface area contributed by atoms with Crippen molar-refractivity contribution in [1.29, 1.82) is 0 Å². The number of amidine groups is 8. The zero-order valence-corrected chi connectivity index (χ0v) is 48.0. The average Bonchev–Trinajstić information content (AvgIpc) is 3.19. The van der Waals surface area contributed by atoms with Crippen LogP contribution in [0.25, 0.3) is 0 Å². The number of aliphatic imine (C=N–C) groups is 4. The molecule has 0 aliphatic carbocycles. The zero-order valence-electron chi connectivity index (χ0n) is 44.7. The normalized spacial score (nSPS) is 16.7. The molecule has 0 fully saturated rings. The highest BCUT2D eigenvalue weighted by Gasteiger charge is 2.77. The number of fused-ring (bicyclic) bond motifs is 12. The molecule has 408 valence electrons. The summed E-state index contributed by atoms with van der Waals surface area (Å²) in [5, 5.41) is 0. The topological polar surface area (TPSA) is 246 Å². The van der Waals surface area contributed by atoms with Crippen molar-refractivity contribution in [1.82, 2.24) is 18.9 Å². The molecular weight excluding hydrogens is 1060 g/mol. The lowest BCUT2D eigenvalue weighted by molar-refractivity contribution is -1.06. The number of unbranched alkanes of at least 4 members (excludes halogenated alkanes) is 4. The molecule has 20 nitrogen and oxygen atoms in total. The van der Waals surface area contributed by atoms with E-state index in [1.54, 1.807) is 0 Å². The van der Waals surface area contributed by atoms with Crippen LogP contribution in [0.2, 0.25) is 0 Å². The third kappa shape index (κ3) is 11.7. The Balaban J connectivity index is 0.000000179. The van der Waals surface area contributed by atoms with Gasteiger partial charge in [-0.3, -0.25) is 0 Å². The highest BCUT2D eigenvalue weighted by molar-refractivity contribution is 7.89. The molecule has 0 saturated heterocycles. The standard InChI is InChI=1S/C33H16N8.4C5H13NO2S/c1-2-10-18-17(9-1)25-34-27-19-11-3-4-12-20(19)29-36-31-23-15-7-8-16-24(23)32-37-30-22-14-6-5-13-21(22)28-35-26(18)38(25)33(39(27)29,40(28)30)41(31)32;4*1-3-4-5-6-9(2,7)8/h1-16H;4*6H,3-5H2,1-2H3/q+4;;;;. The van der Waals surface area contributed by atoms with Crippen LogP contribution in [-0.2, 0) is 40.1 Å². The molecule has 8 aliphatic heterocycles. The monoisotopic (exact) mass is 1130 g/mol. The van der Waals surface area contributed by atoms with Gasteiger partial charge in [0.05, 0.1) is 69.5 Å². The van der Waals surface area contributed by atoms with E-state index >= 15 is 0 Å². The quantitative estimate of drug-likeness (QED) is 0.0946. The minimum absolute atomic E-state index is 0.565. The van der Waals surface area contributed by atoms with Gasteiger partial charge in [-0.25, -0.2) is 52.6 Å². The molecule has 0 amide bonds. The fourth-order valence-electron chi connectivity index (χ4n) is 9.61. The van der Waals surface area contributed by atoms with Crippen molar-refractivity contribution in [2.75, 3.05) is 51.2 Å². The van der Waals surface area contributed by atoms with Crippen molar-refractivity contribution in [3.8, 4) is 0 Å². The van der Waals surface area contributed by atoms with Gasteiger partial charge in [-0.05, 0) is 74.2 Å². The van der Waals surface area contributed by atoms with E-state index in [0.717, 1.165) is 143 Å². The van der Waals surface area contributed by atoms with E-state index in [2.05, 4.69) is 134 Å². The lowest BCUT2D eigenvalue weighted by Crippen LogP contribution is -2.76. The summed E-state index contributed by atoms with van der Waals surface area (Å²) in [5.74, 6) is 6.26. The Kier molecular flexibility index (Phi) is 17.1. The molecule has 1 spiro atoms.